The topological polar surface area (TPSA) is 34.1 Å². The molecular formula is C21H22N2O. The van der Waals surface area contributed by atoms with E-state index in [1.54, 1.807) is 0 Å². The Labute approximate surface area is 142 Å². The molecule has 0 unspecified atom stereocenters. The molecule has 0 amide bonds. The number of hydrogen-bond donors (Lipinski definition) is 1. The molecule has 0 radical (unpaired) electrons. The summed E-state index contributed by atoms with van der Waals surface area (Å²) in [6.07, 6.45) is 2.70. The third kappa shape index (κ3) is 3.21. The lowest BCUT2D eigenvalue weighted by Gasteiger charge is -2.15. The third-order valence-electron chi connectivity index (χ3n) is 4.27. The minimum Gasteiger partial charge on any atom is -0.491 e. The second-order valence-corrected chi connectivity index (χ2v) is 6.70. The highest BCUT2D eigenvalue weighted by Gasteiger charge is 2.27. The molecule has 3 heteroatoms. The molecule has 1 aromatic heterocycles. The molecule has 3 nitrogen and oxygen atoms in total. The van der Waals surface area contributed by atoms with E-state index in [1.165, 1.54) is 18.4 Å². The smallest absolute Gasteiger partial charge is 0.131 e. The average molecular weight is 318 g/mol. The van der Waals surface area contributed by atoms with E-state index < -0.39 is 0 Å². The van der Waals surface area contributed by atoms with Gasteiger partial charge in [-0.15, -0.1) is 0 Å². The lowest BCUT2D eigenvalue weighted by atomic mass is 10.1. The van der Waals surface area contributed by atoms with Crippen LogP contribution in [-0.4, -0.2) is 11.1 Å². The Hall–Kier alpha value is -2.55. The molecule has 0 saturated heterocycles. The van der Waals surface area contributed by atoms with Crippen molar-refractivity contribution in [3.63, 3.8) is 0 Å². The molecule has 1 saturated carbocycles. The first-order valence-corrected chi connectivity index (χ1v) is 8.62. The average Bonchev–Trinajstić information content (AvgIpc) is 3.40. The van der Waals surface area contributed by atoms with Crippen molar-refractivity contribution in [2.45, 2.75) is 38.7 Å². The second-order valence-electron chi connectivity index (χ2n) is 6.70. The van der Waals surface area contributed by atoms with Gasteiger partial charge >= 0.3 is 0 Å². The fraction of sp³-hybridized carbons (Fsp3) is 0.286. The number of rotatable bonds is 5. The summed E-state index contributed by atoms with van der Waals surface area (Å²) < 4.78 is 5.85. The molecule has 1 aliphatic rings. The molecule has 0 aliphatic heterocycles. The van der Waals surface area contributed by atoms with Crippen LogP contribution >= 0.6 is 0 Å². The van der Waals surface area contributed by atoms with Crippen LogP contribution in [0.15, 0.2) is 54.6 Å². The van der Waals surface area contributed by atoms with E-state index in [1.807, 2.05) is 30.3 Å². The third-order valence-corrected chi connectivity index (χ3v) is 4.27. The van der Waals surface area contributed by atoms with Gasteiger partial charge in [0.25, 0.3) is 0 Å². The molecule has 3 aromatic rings. The quantitative estimate of drug-likeness (QED) is 0.660. The summed E-state index contributed by atoms with van der Waals surface area (Å²) in [7, 11) is 0. The van der Waals surface area contributed by atoms with Gasteiger partial charge in [-0.3, -0.25) is 0 Å². The SMILES string of the molecule is CC(C)Oc1ccc(Nc2ccc3ccccc3n2)c(C2CC2)c1. The predicted molar refractivity (Wildman–Crippen MR) is 99.2 cm³/mol. The number of nitrogens with one attached hydrogen (secondary N) is 1. The Morgan fingerprint density at radius 2 is 1.88 bits per heavy atom. The molecule has 1 heterocycles. The Bertz CT molecular complexity index is 869. The Morgan fingerprint density at radius 3 is 2.67 bits per heavy atom. The number of para-hydroxylation sites is 1. The van der Waals surface area contributed by atoms with Crippen LogP contribution in [0.4, 0.5) is 11.5 Å². The van der Waals surface area contributed by atoms with Crippen LogP contribution < -0.4 is 10.1 Å². The molecule has 24 heavy (non-hydrogen) atoms. The highest BCUT2D eigenvalue weighted by Crippen LogP contribution is 2.45. The first-order valence-electron chi connectivity index (χ1n) is 8.62. The summed E-state index contributed by atoms with van der Waals surface area (Å²) in [6.45, 7) is 4.11. The molecule has 0 bridgehead atoms. The van der Waals surface area contributed by atoms with Crippen molar-refractivity contribution in [3.8, 4) is 5.75 Å². The van der Waals surface area contributed by atoms with Gasteiger partial charge in [-0.1, -0.05) is 18.2 Å². The second kappa shape index (κ2) is 6.16. The lowest BCUT2D eigenvalue weighted by Crippen LogP contribution is -2.06. The van der Waals surface area contributed by atoms with E-state index >= 15 is 0 Å². The maximum atomic E-state index is 5.85. The molecule has 4 rings (SSSR count). The van der Waals surface area contributed by atoms with Crippen LogP contribution in [0.5, 0.6) is 5.75 Å². The van der Waals surface area contributed by atoms with E-state index in [-0.39, 0.29) is 6.10 Å². The van der Waals surface area contributed by atoms with Crippen LogP contribution in [-0.2, 0) is 0 Å². The van der Waals surface area contributed by atoms with Crippen molar-refractivity contribution in [1.82, 2.24) is 4.98 Å². The van der Waals surface area contributed by atoms with Gasteiger partial charge in [-0.2, -0.15) is 0 Å². The van der Waals surface area contributed by atoms with Crippen molar-refractivity contribution in [3.05, 3.63) is 60.2 Å². The van der Waals surface area contributed by atoms with Crippen LogP contribution in [0.25, 0.3) is 10.9 Å². The number of pyridine rings is 1. The highest BCUT2D eigenvalue weighted by atomic mass is 16.5. The Kier molecular flexibility index (Phi) is 3.85. The first kappa shape index (κ1) is 15.0. The number of anilines is 2. The van der Waals surface area contributed by atoms with Crippen LogP contribution in [0.1, 0.15) is 38.2 Å². The highest BCUT2D eigenvalue weighted by molar-refractivity contribution is 5.81. The lowest BCUT2D eigenvalue weighted by molar-refractivity contribution is 0.242. The van der Waals surface area contributed by atoms with Crippen molar-refractivity contribution in [1.29, 1.82) is 0 Å². The van der Waals surface area contributed by atoms with Gasteiger partial charge in [-0.05, 0) is 74.6 Å². The molecule has 1 aliphatic carbocycles. The number of ether oxygens (including phenoxy) is 1. The molecule has 122 valence electrons. The van der Waals surface area contributed by atoms with Gasteiger partial charge in [0, 0.05) is 11.1 Å². The zero-order valence-corrected chi connectivity index (χ0v) is 14.1. The van der Waals surface area contributed by atoms with Gasteiger partial charge in [0.1, 0.15) is 11.6 Å². The van der Waals surface area contributed by atoms with Crippen LogP contribution in [0, 0.1) is 0 Å². The fourth-order valence-corrected chi connectivity index (χ4v) is 3.01. The number of aromatic nitrogens is 1. The van der Waals surface area contributed by atoms with E-state index in [9.17, 15) is 0 Å². The van der Waals surface area contributed by atoms with Gasteiger partial charge in [-0.25, -0.2) is 4.98 Å². The standard InChI is InChI=1S/C21H22N2O/c1-14(2)24-17-10-11-20(18(13-17)15-7-8-15)23-21-12-9-16-5-3-4-6-19(16)22-21/h3-6,9-15H,7-8H2,1-2H3,(H,22,23). The number of nitrogens with zero attached hydrogens (tertiary/aromatic N) is 1. The summed E-state index contributed by atoms with van der Waals surface area (Å²) in [5.74, 6) is 2.47. The number of hydrogen-bond acceptors (Lipinski definition) is 3. The Morgan fingerprint density at radius 1 is 1.04 bits per heavy atom. The van der Waals surface area contributed by atoms with Gasteiger partial charge < -0.3 is 10.1 Å². The maximum absolute atomic E-state index is 5.85. The van der Waals surface area contributed by atoms with Gasteiger partial charge in [0.15, 0.2) is 0 Å². The van der Waals surface area contributed by atoms with Gasteiger partial charge in [0.2, 0.25) is 0 Å². The monoisotopic (exact) mass is 318 g/mol. The fourth-order valence-electron chi connectivity index (χ4n) is 3.01. The molecular weight excluding hydrogens is 296 g/mol. The number of fused-ring (bicyclic) bond motifs is 1. The van der Waals surface area contributed by atoms with Crippen molar-refractivity contribution < 1.29 is 4.74 Å². The van der Waals surface area contributed by atoms with Crippen molar-refractivity contribution in [2.75, 3.05) is 5.32 Å². The van der Waals surface area contributed by atoms with Crippen molar-refractivity contribution in [2.24, 2.45) is 0 Å². The van der Waals surface area contributed by atoms with Gasteiger partial charge in [0.05, 0.1) is 11.6 Å². The predicted octanol–water partition coefficient (Wildman–Crippen LogP) is 5.64. The maximum Gasteiger partial charge on any atom is 0.131 e. The minimum absolute atomic E-state index is 0.193. The minimum atomic E-state index is 0.193. The summed E-state index contributed by atoms with van der Waals surface area (Å²) in [4.78, 5) is 4.72. The normalized spacial score (nSPS) is 14.1. The van der Waals surface area contributed by atoms with E-state index in [0.29, 0.717) is 5.92 Å². The van der Waals surface area contributed by atoms with E-state index in [0.717, 1.165) is 28.2 Å². The molecule has 2 aromatic carbocycles. The number of benzene rings is 2. The summed E-state index contributed by atoms with van der Waals surface area (Å²) in [5.41, 5.74) is 3.48. The molecule has 1 N–H and O–H groups in total. The zero-order chi connectivity index (χ0) is 16.5. The van der Waals surface area contributed by atoms with E-state index in [2.05, 4.69) is 43.4 Å². The van der Waals surface area contributed by atoms with E-state index in [4.69, 9.17) is 9.72 Å². The Balaban J connectivity index is 1.65. The first-order chi connectivity index (χ1) is 11.7. The molecule has 0 atom stereocenters. The molecule has 0 spiro atoms. The van der Waals surface area contributed by atoms with Crippen LogP contribution in [0.3, 0.4) is 0 Å². The summed E-state index contributed by atoms with van der Waals surface area (Å²) in [5, 5.41) is 4.66. The summed E-state index contributed by atoms with van der Waals surface area (Å²) in [6, 6.07) is 18.7. The molecule has 1 fully saturated rings. The zero-order valence-electron chi connectivity index (χ0n) is 14.1. The largest absolute Gasteiger partial charge is 0.491 e. The van der Waals surface area contributed by atoms with Crippen LogP contribution in [0.2, 0.25) is 0 Å². The summed E-state index contributed by atoms with van der Waals surface area (Å²) >= 11 is 0. The van der Waals surface area contributed by atoms with Crippen molar-refractivity contribution >= 4 is 22.4 Å².